The summed E-state index contributed by atoms with van der Waals surface area (Å²) >= 11 is 0. The van der Waals surface area contributed by atoms with Crippen LogP contribution in [-0.2, 0) is 0 Å². The van der Waals surface area contributed by atoms with Gasteiger partial charge >= 0.3 is 0 Å². The van der Waals surface area contributed by atoms with Crippen LogP contribution >= 0.6 is 0 Å². The topological polar surface area (TPSA) is 65.1 Å². The molecular weight excluding hydrogens is 284 g/mol. The molecule has 1 unspecified atom stereocenters. The van der Waals surface area contributed by atoms with E-state index in [0.29, 0.717) is 11.6 Å². The summed E-state index contributed by atoms with van der Waals surface area (Å²) in [5.74, 6) is 0.119. The zero-order valence-corrected chi connectivity index (χ0v) is 15.8. The van der Waals surface area contributed by atoms with E-state index in [1.807, 2.05) is 0 Å². The Kier molecular flexibility index (Phi) is 9.61. The number of hydrogen-bond donors (Lipinski definition) is 3. The van der Waals surface area contributed by atoms with Crippen LogP contribution in [0.1, 0.15) is 91.4 Å². The molecule has 4 N–H and O–H groups in total. The minimum absolute atomic E-state index is 0.119. The van der Waals surface area contributed by atoms with Gasteiger partial charge in [0.1, 0.15) is 0 Å². The standard InChI is InChI=1S/C19H40N4/c1-4-6-8-9-10-14-19(3,13-7-5-2)23-15-11-17(12-16-23)22-18(20)21/h17H,4-16H2,1-3H3,(H4,20,21,22). The Morgan fingerprint density at radius 3 is 2.17 bits per heavy atom. The molecule has 1 saturated heterocycles. The average molecular weight is 325 g/mol. The van der Waals surface area contributed by atoms with Gasteiger partial charge in [0.05, 0.1) is 0 Å². The summed E-state index contributed by atoms with van der Waals surface area (Å²) in [7, 11) is 0. The largest absolute Gasteiger partial charge is 0.370 e. The summed E-state index contributed by atoms with van der Waals surface area (Å²) in [5.41, 5.74) is 5.84. The summed E-state index contributed by atoms with van der Waals surface area (Å²) < 4.78 is 0. The van der Waals surface area contributed by atoms with Crippen LogP contribution in [0.2, 0.25) is 0 Å². The van der Waals surface area contributed by atoms with E-state index in [-0.39, 0.29) is 5.96 Å². The highest BCUT2D eigenvalue weighted by molar-refractivity contribution is 5.74. The molecule has 136 valence electrons. The minimum atomic E-state index is 0.119. The molecule has 1 aliphatic rings. The van der Waals surface area contributed by atoms with Crippen molar-refractivity contribution in [1.82, 2.24) is 10.2 Å². The van der Waals surface area contributed by atoms with Gasteiger partial charge in [-0.15, -0.1) is 0 Å². The van der Waals surface area contributed by atoms with E-state index in [0.717, 1.165) is 25.9 Å². The highest BCUT2D eigenvalue weighted by Gasteiger charge is 2.33. The monoisotopic (exact) mass is 324 g/mol. The molecule has 4 nitrogen and oxygen atoms in total. The molecule has 1 atom stereocenters. The van der Waals surface area contributed by atoms with Gasteiger partial charge in [-0.1, -0.05) is 58.8 Å². The van der Waals surface area contributed by atoms with E-state index in [2.05, 4.69) is 31.0 Å². The van der Waals surface area contributed by atoms with Crippen molar-refractivity contribution in [3.63, 3.8) is 0 Å². The first-order valence-corrected chi connectivity index (χ1v) is 9.87. The first-order valence-electron chi connectivity index (χ1n) is 9.87. The lowest BCUT2D eigenvalue weighted by Gasteiger charge is -2.46. The Balaban J connectivity index is 2.47. The SMILES string of the molecule is CCCCCCCC(C)(CCCC)N1CCC(NC(=N)N)CC1. The van der Waals surface area contributed by atoms with Gasteiger partial charge in [-0.3, -0.25) is 10.3 Å². The lowest BCUT2D eigenvalue weighted by atomic mass is 9.85. The third kappa shape index (κ3) is 7.56. The maximum absolute atomic E-state index is 7.39. The van der Waals surface area contributed by atoms with Crippen LogP contribution in [0.4, 0.5) is 0 Å². The summed E-state index contributed by atoms with van der Waals surface area (Å²) in [6.07, 6.45) is 14.3. The van der Waals surface area contributed by atoms with Crippen LogP contribution in [0.3, 0.4) is 0 Å². The number of guanidine groups is 1. The Morgan fingerprint density at radius 1 is 1.04 bits per heavy atom. The molecule has 4 heteroatoms. The molecule has 0 bridgehead atoms. The second kappa shape index (κ2) is 10.9. The van der Waals surface area contributed by atoms with Crippen LogP contribution in [-0.4, -0.2) is 35.5 Å². The molecule has 1 fully saturated rings. The maximum atomic E-state index is 7.39. The number of nitrogens with two attached hydrogens (primary N) is 1. The van der Waals surface area contributed by atoms with Gasteiger partial charge in [0.15, 0.2) is 5.96 Å². The number of nitrogens with zero attached hydrogens (tertiary/aromatic N) is 1. The van der Waals surface area contributed by atoms with Gasteiger partial charge in [0, 0.05) is 24.7 Å². The molecule has 23 heavy (non-hydrogen) atoms. The number of likely N-dealkylation sites (tertiary alicyclic amines) is 1. The first-order chi connectivity index (χ1) is 11.0. The van der Waals surface area contributed by atoms with E-state index in [1.165, 1.54) is 57.8 Å². The second-order valence-corrected chi connectivity index (χ2v) is 7.58. The number of unbranched alkanes of at least 4 members (excludes halogenated alkanes) is 5. The molecule has 0 amide bonds. The predicted octanol–water partition coefficient (Wildman–Crippen LogP) is 4.24. The number of rotatable bonds is 11. The molecule has 0 aromatic rings. The highest BCUT2D eigenvalue weighted by atomic mass is 15.2. The molecule has 0 radical (unpaired) electrons. The highest BCUT2D eigenvalue weighted by Crippen LogP contribution is 2.31. The van der Waals surface area contributed by atoms with Crippen LogP contribution in [0, 0.1) is 5.41 Å². The fraction of sp³-hybridized carbons (Fsp3) is 0.947. The molecule has 0 aromatic heterocycles. The van der Waals surface area contributed by atoms with Crippen LogP contribution in [0.25, 0.3) is 0 Å². The molecule has 0 spiro atoms. The zero-order valence-electron chi connectivity index (χ0n) is 15.8. The average Bonchev–Trinajstić information content (AvgIpc) is 2.53. The molecule has 1 rings (SSSR count). The Bertz CT molecular complexity index is 323. The molecule has 1 heterocycles. The van der Waals surface area contributed by atoms with Gasteiger partial charge in [-0.05, 0) is 32.6 Å². The normalized spacial score (nSPS) is 19.4. The Hall–Kier alpha value is -0.770. The smallest absolute Gasteiger partial charge is 0.185 e. The van der Waals surface area contributed by atoms with Crippen molar-refractivity contribution in [3.8, 4) is 0 Å². The van der Waals surface area contributed by atoms with Gasteiger partial charge in [-0.2, -0.15) is 0 Å². The summed E-state index contributed by atoms with van der Waals surface area (Å²) in [5, 5.41) is 10.5. The van der Waals surface area contributed by atoms with E-state index in [4.69, 9.17) is 11.1 Å². The Labute approximate surface area is 144 Å². The van der Waals surface area contributed by atoms with Crippen molar-refractivity contribution in [3.05, 3.63) is 0 Å². The van der Waals surface area contributed by atoms with Crippen LogP contribution in [0.5, 0.6) is 0 Å². The Morgan fingerprint density at radius 2 is 1.61 bits per heavy atom. The third-order valence-corrected chi connectivity index (χ3v) is 5.51. The van der Waals surface area contributed by atoms with Crippen molar-refractivity contribution < 1.29 is 0 Å². The number of hydrogen-bond acceptors (Lipinski definition) is 2. The molecule has 0 aromatic carbocycles. The molecule has 0 saturated carbocycles. The number of piperidine rings is 1. The molecule has 0 aliphatic carbocycles. The zero-order chi connectivity index (χ0) is 17.1. The maximum Gasteiger partial charge on any atom is 0.185 e. The van der Waals surface area contributed by atoms with Crippen molar-refractivity contribution >= 4 is 5.96 Å². The van der Waals surface area contributed by atoms with Crippen LogP contribution in [0.15, 0.2) is 0 Å². The quantitative estimate of drug-likeness (QED) is 0.302. The fourth-order valence-electron chi connectivity index (χ4n) is 3.89. The van der Waals surface area contributed by atoms with Gasteiger partial charge in [-0.25, -0.2) is 0 Å². The summed E-state index contributed by atoms with van der Waals surface area (Å²) in [6, 6.07) is 0.392. The number of nitrogens with one attached hydrogen (secondary N) is 2. The molecule has 1 aliphatic heterocycles. The van der Waals surface area contributed by atoms with Crippen molar-refractivity contribution in [2.75, 3.05) is 13.1 Å². The first kappa shape index (κ1) is 20.3. The minimum Gasteiger partial charge on any atom is -0.370 e. The van der Waals surface area contributed by atoms with E-state index in [1.54, 1.807) is 0 Å². The van der Waals surface area contributed by atoms with Crippen molar-refractivity contribution in [2.45, 2.75) is 103 Å². The van der Waals surface area contributed by atoms with Gasteiger partial charge in [0.25, 0.3) is 0 Å². The van der Waals surface area contributed by atoms with Gasteiger partial charge in [0.2, 0.25) is 0 Å². The lowest BCUT2D eigenvalue weighted by Crippen LogP contribution is -2.54. The van der Waals surface area contributed by atoms with Crippen LogP contribution < -0.4 is 11.1 Å². The van der Waals surface area contributed by atoms with Crippen molar-refractivity contribution in [1.29, 1.82) is 5.41 Å². The third-order valence-electron chi connectivity index (χ3n) is 5.51. The van der Waals surface area contributed by atoms with E-state index >= 15 is 0 Å². The van der Waals surface area contributed by atoms with E-state index < -0.39 is 0 Å². The van der Waals surface area contributed by atoms with Gasteiger partial charge < -0.3 is 11.1 Å². The lowest BCUT2D eigenvalue weighted by molar-refractivity contribution is 0.0537. The summed E-state index contributed by atoms with van der Waals surface area (Å²) in [4.78, 5) is 2.72. The second-order valence-electron chi connectivity index (χ2n) is 7.58. The van der Waals surface area contributed by atoms with Crippen molar-refractivity contribution in [2.24, 2.45) is 5.73 Å². The molecular formula is C19H40N4. The van der Waals surface area contributed by atoms with E-state index in [9.17, 15) is 0 Å². The predicted molar refractivity (Wildman–Crippen MR) is 101 cm³/mol. The fourth-order valence-corrected chi connectivity index (χ4v) is 3.89. The summed E-state index contributed by atoms with van der Waals surface area (Å²) in [6.45, 7) is 9.34.